The summed E-state index contributed by atoms with van der Waals surface area (Å²) in [4.78, 5) is 124. The van der Waals surface area contributed by atoms with E-state index in [0.717, 1.165) is 22.3 Å². The minimum absolute atomic E-state index is 0.0631. The summed E-state index contributed by atoms with van der Waals surface area (Å²) in [6, 6.07) is 8.30. The second-order valence-electron chi connectivity index (χ2n) is 22.1. The molecule has 0 amide bonds. The molecule has 30 nitrogen and oxygen atoms in total. The maximum absolute atomic E-state index is 11.5. The second-order valence-corrected chi connectivity index (χ2v) is 22.1. The highest BCUT2D eigenvalue weighted by atomic mass is 16.2. The van der Waals surface area contributed by atoms with Crippen molar-refractivity contribution < 1.29 is 0 Å². The first-order valence-electron chi connectivity index (χ1n) is 28.3. The van der Waals surface area contributed by atoms with Crippen LogP contribution >= 0.6 is 0 Å². The summed E-state index contributed by atoms with van der Waals surface area (Å²) in [5.41, 5.74) is 19.5. The minimum Gasteiger partial charge on any atom is -0.383 e. The average Bonchev–Trinajstić information content (AvgIpc) is 2.01. The van der Waals surface area contributed by atoms with Crippen molar-refractivity contribution in [3.63, 3.8) is 0 Å². The van der Waals surface area contributed by atoms with Crippen LogP contribution in [0.1, 0.15) is 156 Å². The number of hydrogen-bond acceptors (Lipinski definition) is 19. The van der Waals surface area contributed by atoms with Crippen LogP contribution in [0.5, 0.6) is 0 Å². The molecule has 0 spiro atoms. The van der Waals surface area contributed by atoms with Crippen LogP contribution in [-0.2, 0) is 0 Å². The van der Waals surface area contributed by atoms with Crippen molar-refractivity contribution >= 4 is 61.8 Å². The number of aromatic amines is 4. The van der Waals surface area contributed by atoms with E-state index in [1.165, 1.54) is 38.6 Å². The quantitative estimate of drug-likeness (QED) is 0.0939. The summed E-state index contributed by atoms with van der Waals surface area (Å²) >= 11 is 0. The van der Waals surface area contributed by atoms with Gasteiger partial charge in [-0.15, -0.1) is 0 Å². The molecule has 88 heavy (non-hydrogen) atoms. The van der Waals surface area contributed by atoms with E-state index in [4.69, 9.17) is 17.2 Å². The van der Waals surface area contributed by atoms with Crippen molar-refractivity contribution in [3.05, 3.63) is 171 Å². The third-order valence-electron chi connectivity index (χ3n) is 12.9. The first-order chi connectivity index (χ1) is 41.3. The third-order valence-corrected chi connectivity index (χ3v) is 12.9. The molecule has 0 saturated carbocycles. The van der Waals surface area contributed by atoms with Gasteiger partial charge in [0.1, 0.15) is 52.8 Å². The van der Waals surface area contributed by atoms with Crippen LogP contribution in [0, 0.1) is 20.8 Å². The van der Waals surface area contributed by atoms with Gasteiger partial charge in [-0.25, -0.2) is 54.3 Å². The average molecular weight is 1210 g/mol. The summed E-state index contributed by atoms with van der Waals surface area (Å²) in [6.07, 6.45) is 14.9. The molecule has 0 atom stereocenters. The van der Waals surface area contributed by atoms with Gasteiger partial charge in [0, 0.05) is 84.9 Å². The summed E-state index contributed by atoms with van der Waals surface area (Å²) < 4.78 is 12.4. The molecule has 11 aromatic rings. The van der Waals surface area contributed by atoms with Crippen molar-refractivity contribution in [1.29, 1.82) is 0 Å². The van der Waals surface area contributed by atoms with Gasteiger partial charge in [0.05, 0.1) is 23.4 Å². The standard InChI is InChI=1S/C10H13N3O.C9H12N4O.C9H12N4.C8H11N5.C8H12N2O2.C7H11N3O.C7H10N2O2/c1-6(2)13-5-4-8-9(13)11-7(3)12-10(8)14;1-5(2)13-4-10-7-8(13)11-6(3)12-9(7)14;1-6(2)13-4-3-7-8(10)11-5-12-9(7)13;1-5(2)13-4-12-6-7(9)10-3-11-8(6)13;1-5(2)10-4-6(3)7(11)9-8(10)12;1-5(2)10-4-3-6(8)9-7(10)11;1-5(2)9-4-3-6(10)8-7(9)11/h4-6H,1-3H3,(H,11,12,14);4-5H,1-3H3,(H,11,12,14);3-6H,1-2H3,(H2,10,11,12);3-5H,1-2H3,(H2,9,10,11);4-5H,1-3H3,(H,9,11,12);3-5H,1-2H3,(H2,8,9,11);3-5H,1-2H3,(H,8,10,11). The number of fused-ring (bicyclic) bond motifs is 4. The lowest BCUT2D eigenvalue weighted by molar-refractivity contribution is 0.558. The molecule has 0 aliphatic carbocycles. The van der Waals surface area contributed by atoms with E-state index in [-0.39, 0.29) is 69.3 Å². The van der Waals surface area contributed by atoms with Crippen LogP contribution < -0.4 is 56.5 Å². The number of H-pyrrole nitrogens is 4. The van der Waals surface area contributed by atoms with Crippen molar-refractivity contribution in [3.8, 4) is 0 Å². The highest BCUT2D eigenvalue weighted by Gasteiger charge is 2.13. The van der Waals surface area contributed by atoms with Crippen molar-refractivity contribution in [2.24, 2.45) is 0 Å². The fraction of sp³-hybridized carbons (Fsp3) is 0.414. The molecule has 11 aromatic heterocycles. The fourth-order valence-corrected chi connectivity index (χ4v) is 8.26. The van der Waals surface area contributed by atoms with Gasteiger partial charge in [0.15, 0.2) is 22.6 Å². The monoisotopic (exact) mass is 1210 g/mol. The Labute approximate surface area is 504 Å². The van der Waals surface area contributed by atoms with Crippen LogP contribution in [0.15, 0.2) is 114 Å². The number of rotatable bonds is 7. The maximum Gasteiger partial charge on any atom is 0.349 e. The van der Waals surface area contributed by atoms with Crippen LogP contribution in [0.4, 0.5) is 17.5 Å². The molecule has 0 aliphatic heterocycles. The molecule has 10 N–H and O–H groups in total. The van der Waals surface area contributed by atoms with E-state index in [1.54, 1.807) is 58.0 Å². The van der Waals surface area contributed by atoms with E-state index in [0.29, 0.717) is 69.0 Å². The van der Waals surface area contributed by atoms with E-state index in [2.05, 4.69) is 111 Å². The fourth-order valence-electron chi connectivity index (χ4n) is 8.26. The Balaban J connectivity index is 0.000000187. The Morgan fingerprint density at radius 3 is 1.39 bits per heavy atom. The Hall–Kier alpha value is -10.4. The normalized spacial score (nSPS) is 11.0. The van der Waals surface area contributed by atoms with Gasteiger partial charge in [0.25, 0.3) is 22.2 Å². The SMILES string of the molecule is CC(C)n1ccc(=O)[nH]c1=O.CC(C)n1ccc(N)nc1=O.CC(C)n1ccc2c(N)ncnc21.CC(C)n1cnc2c(N)ncnc21.Cc1cn(C(C)C)c(=O)[nH]c1=O.Cc1nc2c(ccn2C(C)C)c(=O)[nH]1.Cc1nc2c(ncn2C(C)C)c(=O)[nH]1. The Bertz CT molecular complexity index is 4380. The van der Waals surface area contributed by atoms with Gasteiger partial charge in [-0.1, -0.05) is 0 Å². The molecule has 0 aliphatic rings. The summed E-state index contributed by atoms with van der Waals surface area (Å²) in [5, 5.41) is 1.58. The number of aromatic nitrogens is 20. The lowest BCUT2D eigenvalue weighted by Crippen LogP contribution is -2.31. The van der Waals surface area contributed by atoms with Gasteiger partial charge in [-0.3, -0.25) is 42.8 Å². The molecule has 0 fully saturated rings. The predicted octanol–water partition coefficient (Wildman–Crippen LogP) is 6.16. The van der Waals surface area contributed by atoms with Crippen LogP contribution in [0.25, 0.3) is 44.4 Å². The minimum atomic E-state index is -0.355. The van der Waals surface area contributed by atoms with Crippen molar-refractivity contribution in [1.82, 2.24) is 96.8 Å². The number of aryl methyl sites for hydroxylation is 3. The highest BCUT2D eigenvalue weighted by Crippen LogP contribution is 2.21. The maximum atomic E-state index is 11.5. The molecule has 11 heterocycles. The van der Waals surface area contributed by atoms with Crippen molar-refractivity contribution in [2.75, 3.05) is 17.2 Å². The molecule has 470 valence electrons. The molecule has 11 rings (SSSR count). The Kier molecular flexibility index (Phi) is 23.4. The van der Waals surface area contributed by atoms with Crippen LogP contribution in [0.2, 0.25) is 0 Å². The number of nitrogens with one attached hydrogen (secondary N) is 4. The summed E-state index contributed by atoms with van der Waals surface area (Å²) in [5.74, 6) is 2.52. The Morgan fingerprint density at radius 2 is 0.841 bits per heavy atom. The van der Waals surface area contributed by atoms with Gasteiger partial charge in [0.2, 0.25) is 0 Å². The number of imidazole rings is 2. The van der Waals surface area contributed by atoms with Gasteiger partial charge in [-0.05, 0) is 136 Å². The zero-order chi connectivity index (χ0) is 65.6. The smallest absolute Gasteiger partial charge is 0.349 e. The highest BCUT2D eigenvalue weighted by molar-refractivity contribution is 5.86. The second kappa shape index (κ2) is 30.1. The summed E-state index contributed by atoms with van der Waals surface area (Å²) in [7, 11) is 0. The molecular weight excluding hydrogens is 1130 g/mol. The molecule has 0 bridgehead atoms. The van der Waals surface area contributed by atoms with E-state index >= 15 is 0 Å². The van der Waals surface area contributed by atoms with Gasteiger partial charge in [-0.2, -0.15) is 4.98 Å². The number of anilines is 3. The molecule has 0 unspecified atom stereocenters. The van der Waals surface area contributed by atoms with Crippen LogP contribution in [0.3, 0.4) is 0 Å². The van der Waals surface area contributed by atoms with E-state index < -0.39 is 0 Å². The summed E-state index contributed by atoms with van der Waals surface area (Å²) in [6.45, 7) is 33.1. The topological polar surface area (TPSA) is 411 Å². The lowest BCUT2D eigenvalue weighted by atomic mass is 10.3. The van der Waals surface area contributed by atoms with E-state index in [1.807, 2.05) is 87.6 Å². The molecule has 0 aromatic carbocycles. The first-order valence-corrected chi connectivity index (χ1v) is 28.3. The van der Waals surface area contributed by atoms with Gasteiger partial charge >= 0.3 is 17.1 Å². The van der Waals surface area contributed by atoms with E-state index in [9.17, 15) is 33.6 Å². The molecule has 30 heteroatoms. The zero-order valence-corrected chi connectivity index (χ0v) is 52.8. The number of hydrogen-bond donors (Lipinski definition) is 7. The first kappa shape index (κ1) is 68.4. The molecule has 0 radical (unpaired) electrons. The largest absolute Gasteiger partial charge is 0.383 e. The number of nitrogens with zero attached hydrogens (tertiary/aromatic N) is 16. The lowest BCUT2D eigenvalue weighted by Gasteiger charge is -2.08. The predicted molar refractivity (Wildman–Crippen MR) is 343 cm³/mol. The Morgan fingerprint density at radius 1 is 0.386 bits per heavy atom. The van der Waals surface area contributed by atoms with Crippen LogP contribution in [-0.4, -0.2) is 96.8 Å². The zero-order valence-electron chi connectivity index (χ0n) is 52.8. The number of nitrogens with two attached hydrogens (primary N) is 3. The number of nitrogen functional groups attached to an aromatic ring is 3. The van der Waals surface area contributed by atoms with Gasteiger partial charge < -0.3 is 45.4 Å². The van der Waals surface area contributed by atoms with Crippen molar-refractivity contribution in [2.45, 2.75) is 160 Å². The third kappa shape index (κ3) is 17.4. The molecule has 0 saturated heterocycles. The molecular formula is C58H81N23O7.